The third-order valence-electron chi connectivity index (χ3n) is 1.69. The van der Waals surface area contributed by atoms with Gasteiger partial charge >= 0.3 is 0 Å². The van der Waals surface area contributed by atoms with Crippen molar-refractivity contribution in [1.29, 1.82) is 0 Å². The zero-order valence-electron chi connectivity index (χ0n) is 5.91. The minimum Gasteiger partial charge on any atom is -0.296 e. The Morgan fingerprint density at radius 1 is 1.55 bits per heavy atom. The lowest BCUT2D eigenvalue weighted by Crippen LogP contribution is -1.89. The van der Waals surface area contributed by atoms with Gasteiger partial charge in [0.05, 0.1) is 0 Å². The highest BCUT2D eigenvalue weighted by Gasteiger charge is 2.12. The van der Waals surface area contributed by atoms with Gasteiger partial charge in [-0.05, 0) is 18.1 Å². The molecule has 11 heavy (non-hydrogen) atoms. The SMILES string of the molecule is O=Cc1ccc2c(n1)SCC2. The second kappa shape index (κ2) is 2.66. The highest BCUT2D eigenvalue weighted by molar-refractivity contribution is 7.99. The van der Waals surface area contributed by atoms with Crippen LogP contribution >= 0.6 is 11.8 Å². The monoisotopic (exact) mass is 165 g/mol. The fourth-order valence-electron chi connectivity index (χ4n) is 1.12. The lowest BCUT2D eigenvalue weighted by molar-refractivity contribution is 0.111. The van der Waals surface area contributed by atoms with Crippen LogP contribution in [0.15, 0.2) is 17.2 Å². The van der Waals surface area contributed by atoms with E-state index in [0.717, 1.165) is 23.5 Å². The van der Waals surface area contributed by atoms with Gasteiger partial charge in [0, 0.05) is 5.75 Å². The number of fused-ring (bicyclic) bond motifs is 1. The van der Waals surface area contributed by atoms with Crippen molar-refractivity contribution in [3.8, 4) is 0 Å². The predicted molar refractivity (Wildman–Crippen MR) is 44.1 cm³/mol. The highest BCUT2D eigenvalue weighted by Crippen LogP contribution is 2.28. The van der Waals surface area contributed by atoms with Crippen LogP contribution in [0.4, 0.5) is 0 Å². The molecule has 0 saturated heterocycles. The van der Waals surface area contributed by atoms with Crippen molar-refractivity contribution in [2.75, 3.05) is 5.75 Å². The van der Waals surface area contributed by atoms with Crippen LogP contribution in [0.25, 0.3) is 0 Å². The number of aromatic nitrogens is 1. The van der Waals surface area contributed by atoms with Crippen LogP contribution in [0.2, 0.25) is 0 Å². The largest absolute Gasteiger partial charge is 0.296 e. The molecule has 0 unspecified atom stereocenters. The van der Waals surface area contributed by atoms with Crippen LogP contribution in [-0.4, -0.2) is 17.0 Å². The molecule has 0 spiro atoms. The van der Waals surface area contributed by atoms with Gasteiger partial charge in [-0.25, -0.2) is 4.98 Å². The normalized spacial score (nSPS) is 14.5. The molecule has 1 aromatic rings. The molecule has 1 aliphatic heterocycles. The van der Waals surface area contributed by atoms with Gasteiger partial charge in [-0.1, -0.05) is 6.07 Å². The van der Waals surface area contributed by atoms with E-state index in [1.54, 1.807) is 17.8 Å². The molecule has 0 radical (unpaired) electrons. The summed E-state index contributed by atoms with van der Waals surface area (Å²) in [6.45, 7) is 0. The summed E-state index contributed by atoms with van der Waals surface area (Å²) < 4.78 is 0. The molecule has 2 rings (SSSR count). The molecule has 0 amide bonds. The summed E-state index contributed by atoms with van der Waals surface area (Å²) in [5.74, 6) is 1.10. The molecule has 3 heteroatoms. The summed E-state index contributed by atoms with van der Waals surface area (Å²) in [7, 11) is 0. The van der Waals surface area contributed by atoms with E-state index in [4.69, 9.17) is 0 Å². The van der Waals surface area contributed by atoms with E-state index in [1.807, 2.05) is 6.07 Å². The van der Waals surface area contributed by atoms with Gasteiger partial charge in [0.25, 0.3) is 0 Å². The molecular weight excluding hydrogens is 158 g/mol. The summed E-state index contributed by atoms with van der Waals surface area (Å²) >= 11 is 1.73. The van der Waals surface area contributed by atoms with Crippen molar-refractivity contribution in [3.05, 3.63) is 23.4 Å². The maximum atomic E-state index is 10.3. The van der Waals surface area contributed by atoms with E-state index in [2.05, 4.69) is 4.98 Å². The van der Waals surface area contributed by atoms with Crippen molar-refractivity contribution in [1.82, 2.24) is 4.98 Å². The van der Waals surface area contributed by atoms with Crippen molar-refractivity contribution in [2.24, 2.45) is 0 Å². The van der Waals surface area contributed by atoms with E-state index in [1.165, 1.54) is 5.56 Å². The number of hydrogen-bond donors (Lipinski definition) is 0. The van der Waals surface area contributed by atoms with Crippen LogP contribution in [0.3, 0.4) is 0 Å². The first-order valence-electron chi connectivity index (χ1n) is 3.48. The Hall–Kier alpha value is -0.830. The highest BCUT2D eigenvalue weighted by atomic mass is 32.2. The van der Waals surface area contributed by atoms with Crippen LogP contribution in [0.5, 0.6) is 0 Å². The number of aldehydes is 1. The van der Waals surface area contributed by atoms with Crippen molar-refractivity contribution in [2.45, 2.75) is 11.4 Å². The topological polar surface area (TPSA) is 30.0 Å². The molecule has 2 heterocycles. The molecule has 56 valence electrons. The van der Waals surface area contributed by atoms with Gasteiger partial charge in [0.15, 0.2) is 6.29 Å². The van der Waals surface area contributed by atoms with E-state index < -0.39 is 0 Å². The van der Waals surface area contributed by atoms with Crippen LogP contribution in [0, 0.1) is 0 Å². The third kappa shape index (κ3) is 1.16. The third-order valence-corrected chi connectivity index (χ3v) is 2.73. The smallest absolute Gasteiger partial charge is 0.168 e. The van der Waals surface area contributed by atoms with Gasteiger partial charge in [0.2, 0.25) is 0 Å². The van der Waals surface area contributed by atoms with E-state index in [9.17, 15) is 4.79 Å². The first-order chi connectivity index (χ1) is 5.40. The zero-order valence-corrected chi connectivity index (χ0v) is 6.73. The minimum absolute atomic E-state index is 0.540. The summed E-state index contributed by atoms with van der Waals surface area (Å²) in [5.41, 5.74) is 1.82. The molecule has 0 N–H and O–H groups in total. The maximum absolute atomic E-state index is 10.3. The van der Waals surface area contributed by atoms with Gasteiger partial charge in [-0.15, -0.1) is 11.8 Å². The van der Waals surface area contributed by atoms with E-state index in [-0.39, 0.29) is 0 Å². The number of nitrogens with zero attached hydrogens (tertiary/aromatic N) is 1. The molecule has 0 aliphatic carbocycles. The second-order valence-corrected chi connectivity index (χ2v) is 3.50. The number of carbonyl (C=O) groups excluding carboxylic acids is 1. The zero-order chi connectivity index (χ0) is 7.68. The Kier molecular flexibility index (Phi) is 1.66. The lowest BCUT2D eigenvalue weighted by Gasteiger charge is -1.95. The number of pyridine rings is 1. The first kappa shape index (κ1) is 6.85. The Balaban J connectivity index is 2.48. The van der Waals surface area contributed by atoms with Crippen LogP contribution in [0.1, 0.15) is 16.1 Å². The number of thioether (sulfide) groups is 1. The molecule has 0 fully saturated rings. The molecule has 2 nitrogen and oxygen atoms in total. The molecule has 1 aliphatic rings. The van der Waals surface area contributed by atoms with Crippen molar-refractivity contribution < 1.29 is 4.79 Å². The quantitative estimate of drug-likeness (QED) is 0.591. The summed E-state index contributed by atoms with van der Waals surface area (Å²) in [5, 5.41) is 1.04. The molecule has 0 bridgehead atoms. The fourth-order valence-corrected chi connectivity index (χ4v) is 2.16. The molecule has 0 saturated carbocycles. The molecule has 1 aromatic heterocycles. The van der Waals surface area contributed by atoms with Gasteiger partial charge < -0.3 is 0 Å². The second-order valence-electron chi connectivity index (χ2n) is 2.42. The lowest BCUT2D eigenvalue weighted by atomic mass is 10.2. The summed E-state index contributed by atoms with van der Waals surface area (Å²) in [6, 6.07) is 3.77. The number of hydrogen-bond acceptors (Lipinski definition) is 3. The average Bonchev–Trinajstić information content (AvgIpc) is 2.50. The van der Waals surface area contributed by atoms with Gasteiger partial charge in [0.1, 0.15) is 10.7 Å². The Morgan fingerprint density at radius 3 is 3.27 bits per heavy atom. The maximum Gasteiger partial charge on any atom is 0.168 e. The molecule has 0 aromatic carbocycles. The number of carbonyl (C=O) groups is 1. The summed E-state index contributed by atoms with van der Waals surface area (Å²) in [4.78, 5) is 14.5. The molecule has 0 atom stereocenters. The minimum atomic E-state index is 0.540. The van der Waals surface area contributed by atoms with Crippen LogP contribution < -0.4 is 0 Å². The number of aryl methyl sites for hydroxylation is 1. The van der Waals surface area contributed by atoms with Gasteiger partial charge in [-0.2, -0.15) is 0 Å². The molecular formula is C8H7NOS. The van der Waals surface area contributed by atoms with E-state index >= 15 is 0 Å². The predicted octanol–water partition coefficient (Wildman–Crippen LogP) is 1.54. The van der Waals surface area contributed by atoms with Crippen molar-refractivity contribution in [3.63, 3.8) is 0 Å². The average molecular weight is 165 g/mol. The van der Waals surface area contributed by atoms with Gasteiger partial charge in [-0.3, -0.25) is 4.79 Å². The standard InChI is InChI=1S/C8H7NOS/c10-5-7-2-1-6-3-4-11-8(6)9-7/h1-2,5H,3-4H2. The number of rotatable bonds is 1. The van der Waals surface area contributed by atoms with Crippen molar-refractivity contribution >= 4 is 18.0 Å². The van der Waals surface area contributed by atoms with Crippen LogP contribution in [-0.2, 0) is 6.42 Å². The Labute approximate surface area is 69.0 Å². The Morgan fingerprint density at radius 2 is 2.45 bits per heavy atom. The van der Waals surface area contributed by atoms with E-state index in [0.29, 0.717) is 5.69 Å². The first-order valence-corrected chi connectivity index (χ1v) is 4.46. The summed E-state index contributed by atoms with van der Waals surface area (Å²) in [6.07, 6.45) is 1.88. The fraction of sp³-hybridized carbons (Fsp3) is 0.250. The Bertz CT molecular complexity index is 298.